The lowest BCUT2D eigenvalue weighted by Gasteiger charge is -2.12. The van der Waals surface area contributed by atoms with Gasteiger partial charge >= 0.3 is 0 Å². The molecule has 0 aliphatic rings. The number of anilines is 1. The lowest BCUT2D eigenvalue weighted by Crippen LogP contribution is -2.13. The van der Waals surface area contributed by atoms with E-state index >= 15 is 0 Å². The van der Waals surface area contributed by atoms with Crippen molar-refractivity contribution in [3.8, 4) is 0 Å². The Kier molecular flexibility index (Phi) is 4.67. The minimum atomic E-state index is -0.600. The number of nitrogens with two attached hydrogens (primary N) is 1. The van der Waals surface area contributed by atoms with Crippen molar-refractivity contribution >= 4 is 38.8 Å². The highest BCUT2D eigenvalue weighted by atomic mass is 79.9. The third-order valence-electron chi connectivity index (χ3n) is 2.73. The van der Waals surface area contributed by atoms with Crippen molar-refractivity contribution < 1.29 is 8.78 Å². The standard InChI is InChI=1S/C14H11BrF2N2S/c15-9-2-4-11(14(18)20)13(5-9)19-7-8-1-3-10(16)6-12(8)17/h1-6,19H,7H2,(H2,18,20). The Morgan fingerprint density at radius 1 is 1.20 bits per heavy atom. The minimum absolute atomic E-state index is 0.207. The van der Waals surface area contributed by atoms with Crippen LogP contribution in [0.15, 0.2) is 40.9 Å². The zero-order valence-electron chi connectivity index (χ0n) is 10.3. The van der Waals surface area contributed by atoms with Gasteiger partial charge in [-0.1, -0.05) is 34.2 Å². The molecule has 2 aromatic carbocycles. The summed E-state index contributed by atoms with van der Waals surface area (Å²) in [6, 6.07) is 8.86. The molecule has 0 aliphatic carbocycles. The molecule has 0 bridgehead atoms. The largest absolute Gasteiger partial charge is 0.389 e. The van der Waals surface area contributed by atoms with Crippen LogP contribution in [0.2, 0.25) is 0 Å². The Labute approximate surface area is 129 Å². The van der Waals surface area contributed by atoms with Gasteiger partial charge in [-0.25, -0.2) is 8.78 Å². The second kappa shape index (κ2) is 6.28. The van der Waals surface area contributed by atoms with Crippen molar-refractivity contribution in [2.45, 2.75) is 6.54 Å². The van der Waals surface area contributed by atoms with Crippen LogP contribution in [0.1, 0.15) is 11.1 Å². The predicted octanol–water partition coefficient (Wildman–Crippen LogP) is 3.97. The van der Waals surface area contributed by atoms with Crippen molar-refractivity contribution in [2.24, 2.45) is 5.73 Å². The molecule has 0 spiro atoms. The molecule has 0 atom stereocenters. The van der Waals surface area contributed by atoms with E-state index in [2.05, 4.69) is 21.2 Å². The maximum atomic E-state index is 13.6. The Morgan fingerprint density at radius 3 is 2.60 bits per heavy atom. The fourth-order valence-corrected chi connectivity index (χ4v) is 2.27. The normalized spacial score (nSPS) is 10.3. The molecule has 3 N–H and O–H groups in total. The molecule has 6 heteroatoms. The van der Waals surface area contributed by atoms with E-state index in [0.717, 1.165) is 10.5 Å². The van der Waals surface area contributed by atoms with Crippen molar-refractivity contribution in [2.75, 3.05) is 5.32 Å². The van der Waals surface area contributed by atoms with Gasteiger partial charge in [0.2, 0.25) is 0 Å². The fraction of sp³-hybridized carbons (Fsp3) is 0.0714. The van der Waals surface area contributed by atoms with E-state index in [1.165, 1.54) is 12.1 Å². The van der Waals surface area contributed by atoms with Gasteiger partial charge in [0.05, 0.1) is 0 Å². The minimum Gasteiger partial charge on any atom is -0.389 e. The van der Waals surface area contributed by atoms with Crippen molar-refractivity contribution in [3.63, 3.8) is 0 Å². The van der Waals surface area contributed by atoms with Gasteiger partial charge in [0, 0.05) is 33.9 Å². The lowest BCUT2D eigenvalue weighted by molar-refractivity contribution is 0.574. The van der Waals surface area contributed by atoms with Crippen molar-refractivity contribution in [1.29, 1.82) is 0 Å². The highest BCUT2D eigenvalue weighted by molar-refractivity contribution is 9.10. The molecular formula is C14H11BrF2N2S. The molecule has 0 heterocycles. The molecule has 0 saturated heterocycles. The second-order valence-corrected chi connectivity index (χ2v) is 5.50. The Hall–Kier alpha value is -1.53. The molecule has 0 radical (unpaired) electrons. The molecule has 0 aromatic heterocycles. The third kappa shape index (κ3) is 3.52. The molecule has 0 unspecified atom stereocenters. The molecular weight excluding hydrogens is 346 g/mol. The number of thiocarbonyl (C=S) groups is 1. The van der Waals surface area contributed by atoms with Gasteiger partial charge < -0.3 is 11.1 Å². The average Bonchev–Trinajstić information content (AvgIpc) is 2.37. The topological polar surface area (TPSA) is 38.0 Å². The summed E-state index contributed by atoms with van der Waals surface area (Å²) in [6.07, 6.45) is 0. The average molecular weight is 357 g/mol. The lowest BCUT2D eigenvalue weighted by atomic mass is 10.1. The Balaban J connectivity index is 2.22. The molecule has 20 heavy (non-hydrogen) atoms. The van der Waals surface area contributed by atoms with E-state index in [4.69, 9.17) is 18.0 Å². The van der Waals surface area contributed by atoms with Crippen LogP contribution in [0.4, 0.5) is 14.5 Å². The number of rotatable bonds is 4. The summed E-state index contributed by atoms with van der Waals surface area (Å²) in [6.45, 7) is 0.207. The van der Waals surface area contributed by atoms with E-state index in [0.29, 0.717) is 16.8 Å². The predicted molar refractivity (Wildman–Crippen MR) is 83.7 cm³/mol. The van der Waals surface area contributed by atoms with E-state index < -0.39 is 11.6 Å². The molecule has 2 nitrogen and oxygen atoms in total. The first-order chi connectivity index (χ1) is 9.47. The molecule has 2 aromatic rings. The van der Waals surface area contributed by atoms with Gasteiger partial charge in [-0.2, -0.15) is 0 Å². The summed E-state index contributed by atoms with van der Waals surface area (Å²) >= 11 is 8.31. The monoisotopic (exact) mass is 356 g/mol. The molecule has 0 amide bonds. The van der Waals surface area contributed by atoms with Crippen molar-refractivity contribution in [3.05, 3.63) is 63.6 Å². The van der Waals surface area contributed by atoms with Crippen LogP contribution in [0, 0.1) is 11.6 Å². The summed E-state index contributed by atoms with van der Waals surface area (Å²) in [4.78, 5) is 0.250. The number of halogens is 3. The smallest absolute Gasteiger partial charge is 0.131 e. The number of benzene rings is 2. The second-order valence-electron chi connectivity index (χ2n) is 4.14. The van der Waals surface area contributed by atoms with Gasteiger partial charge in [0.15, 0.2) is 0 Å². The van der Waals surface area contributed by atoms with Gasteiger partial charge in [-0.3, -0.25) is 0 Å². The first-order valence-electron chi connectivity index (χ1n) is 5.74. The fourth-order valence-electron chi connectivity index (χ4n) is 1.73. The zero-order valence-corrected chi connectivity index (χ0v) is 12.7. The van der Waals surface area contributed by atoms with Gasteiger partial charge in [0.1, 0.15) is 16.6 Å². The van der Waals surface area contributed by atoms with Crippen LogP contribution in [-0.2, 0) is 6.54 Å². The van der Waals surface area contributed by atoms with Crippen LogP contribution in [-0.4, -0.2) is 4.99 Å². The molecule has 104 valence electrons. The highest BCUT2D eigenvalue weighted by Crippen LogP contribution is 2.22. The quantitative estimate of drug-likeness (QED) is 0.814. The Bertz CT molecular complexity index is 662. The number of hydrogen-bond acceptors (Lipinski definition) is 2. The first kappa shape index (κ1) is 14.9. The molecule has 0 fully saturated rings. The summed E-state index contributed by atoms with van der Waals surface area (Å²) in [5.74, 6) is -1.19. The van der Waals surface area contributed by atoms with Gasteiger partial charge in [-0.05, 0) is 24.3 Å². The SMILES string of the molecule is NC(=S)c1ccc(Br)cc1NCc1ccc(F)cc1F. The maximum absolute atomic E-state index is 13.6. The number of nitrogens with one attached hydrogen (secondary N) is 1. The first-order valence-corrected chi connectivity index (χ1v) is 6.94. The van der Waals surface area contributed by atoms with Crippen LogP contribution in [0.25, 0.3) is 0 Å². The van der Waals surface area contributed by atoms with E-state index in [1.807, 2.05) is 6.07 Å². The molecule has 0 aliphatic heterocycles. The van der Waals surface area contributed by atoms with Crippen molar-refractivity contribution in [1.82, 2.24) is 0 Å². The van der Waals surface area contributed by atoms with Crippen LogP contribution in [0.3, 0.4) is 0 Å². The molecule has 0 saturated carbocycles. The number of hydrogen-bond donors (Lipinski definition) is 2. The Morgan fingerprint density at radius 2 is 1.95 bits per heavy atom. The van der Waals surface area contributed by atoms with E-state index in [9.17, 15) is 8.78 Å². The van der Waals surface area contributed by atoms with Gasteiger partial charge in [0.25, 0.3) is 0 Å². The van der Waals surface area contributed by atoms with E-state index in [-0.39, 0.29) is 11.5 Å². The summed E-state index contributed by atoms with van der Waals surface area (Å²) in [5, 5.41) is 3.05. The van der Waals surface area contributed by atoms with Crippen LogP contribution in [0.5, 0.6) is 0 Å². The molecule has 2 rings (SSSR count). The highest BCUT2D eigenvalue weighted by Gasteiger charge is 2.08. The van der Waals surface area contributed by atoms with Gasteiger partial charge in [-0.15, -0.1) is 0 Å². The summed E-state index contributed by atoms with van der Waals surface area (Å²) in [7, 11) is 0. The van der Waals surface area contributed by atoms with Crippen LogP contribution < -0.4 is 11.1 Å². The zero-order chi connectivity index (χ0) is 14.7. The third-order valence-corrected chi connectivity index (χ3v) is 3.44. The maximum Gasteiger partial charge on any atom is 0.131 e. The van der Waals surface area contributed by atoms with E-state index in [1.54, 1.807) is 12.1 Å². The summed E-state index contributed by atoms with van der Waals surface area (Å²) in [5.41, 5.74) is 7.36. The van der Waals surface area contributed by atoms with Crippen LogP contribution >= 0.6 is 28.1 Å². The summed E-state index contributed by atoms with van der Waals surface area (Å²) < 4.78 is 27.2.